The van der Waals surface area contributed by atoms with Gasteiger partial charge in [-0.2, -0.15) is 5.26 Å². The molecule has 6 nitrogen and oxygen atoms in total. The van der Waals surface area contributed by atoms with Gasteiger partial charge < -0.3 is 5.32 Å². The van der Waals surface area contributed by atoms with Gasteiger partial charge in [0.2, 0.25) is 17.7 Å². The van der Waals surface area contributed by atoms with Crippen LogP contribution in [-0.4, -0.2) is 29.2 Å². The molecule has 0 spiro atoms. The summed E-state index contributed by atoms with van der Waals surface area (Å²) in [5.41, 5.74) is 1.41. The van der Waals surface area contributed by atoms with E-state index in [1.807, 2.05) is 6.07 Å². The summed E-state index contributed by atoms with van der Waals surface area (Å²) in [4.78, 5) is 37.9. The summed E-state index contributed by atoms with van der Waals surface area (Å²) >= 11 is 0. The summed E-state index contributed by atoms with van der Waals surface area (Å²) in [6.07, 6.45) is 3.44. The lowest BCUT2D eigenvalue weighted by atomic mass is 9.81. The van der Waals surface area contributed by atoms with Crippen molar-refractivity contribution in [1.82, 2.24) is 10.2 Å². The number of nitriles is 1. The normalized spacial score (nSPS) is 22.9. The van der Waals surface area contributed by atoms with E-state index >= 15 is 0 Å². The molecular formula is C18H19N3O3. The summed E-state index contributed by atoms with van der Waals surface area (Å²) < 4.78 is 0. The van der Waals surface area contributed by atoms with E-state index in [9.17, 15) is 14.4 Å². The molecule has 0 aromatic heterocycles. The number of imide groups is 1. The standard InChI is InChI=1S/C18H19N3O3/c19-9-12-5-7-13(8-6-12)10-20-16(22)11-21-17(23)14-3-1-2-4-15(14)18(21)24/h5-8,14-15H,1-4,10-11H2,(H,20,22). The van der Waals surface area contributed by atoms with E-state index in [4.69, 9.17) is 5.26 Å². The first kappa shape index (κ1) is 16.2. The summed E-state index contributed by atoms with van der Waals surface area (Å²) in [7, 11) is 0. The van der Waals surface area contributed by atoms with Gasteiger partial charge >= 0.3 is 0 Å². The molecule has 1 aliphatic heterocycles. The molecule has 124 valence electrons. The Balaban J connectivity index is 1.55. The molecule has 1 saturated carbocycles. The molecule has 1 N–H and O–H groups in total. The van der Waals surface area contributed by atoms with Crippen LogP contribution in [0.4, 0.5) is 0 Å². The molecule has 2 fully saturated rings. The zero-order chi connectivity index (χ0) is 17.1. The van der Waals surface area contributed by atoms with Gasteiger partial charge in [-0.1, -0.05) is 25.0 Å². The van der Waals surface area contributed by atoms with E-state index in [2.05, 4.69) is 5.32 Å². The third-order valence-corrected chi connectivity index (χ3v) is 4.81. The number of nitrogens with one attached hydrogen (secondary N) is 1. The molecule has 0 bridgehead atoms. The number of rotatable bonds is 4. The maximum absolute atomic E-state index is 12.3. The van der Waals surface area contributed by atoms with Gasteiger partial charge in [-0.15, -0.1) is 0 Å². The van der Waals surface area contributed by atoms with E-state index in [1.54, 1.807) is 24.3 Å². The maximum atomic E-state index is 12.3. The van der Waals surface area contributed by atoms with Crippen LogP contribution < -0.4 is 5.32 Å². The Morgan fingerprint density at radius 1 is 1.12 bits per heavy atom. The second-order valence-corrected chi connectivity index (χ2v) is 6.35. The molecule has 2 atom stereocenters. The van der Waals surface area contributed by atoms with Crippen LogP contribution >= 0.6 is 0 Å². The SMILES string of the molecule is N#Cc1ccc(CNC(=O)CN2C(=O)C3CCCCC3C2=O)cc1. The van der Waals surface area contributed by atoms with Gasteiger partial charge in [-0.05, 0) is 30.5 Å². The first-order chi connectivity index (χ1) is 11.6. The topological polar surface area (TPSA) is 90.3 Å². The molecule has 24 heavy (non-hydrogen) atoms. The van der Waals surface area contributed by atoms with Crippen molar-refractivity contribution in [3.8, 4) is 6.07 Å². The summed E-state index contributed by atoms with van der Waals surface area (Å²) in [5.74, 6) is -1.19. The lowest BCUT2D eigenvalue weighted by molar-refractivity contribution is -0.143. The first-order valence-electron chi connectivity index (χ1n) is 8.21. The van der Waals surface area contributed by atoms with Crippen molar-refractivity contribution >= 4 is 17.7 Å². The molecular weight excluding hydrogens is 306 g/mol. The summed E-state index contributed by atoms with van der Waals surface area (Å²) in [6.45, 7) is 0.0918. The second kappa shape index (κ2) is 6.83. The molecule has 2 unspecified atom stereocenters. The van der Waals surface area contributed by atoms with Crippen LogP contribution in [0, 0.1) is 23.2 Å². The van der Waals surface area contributed by atoms with Crippen molar-refractivity contribution < 1.29 is 14.4 Å². The van der Waals surface area contributed by atoms with Gasteiger partial charge in [-0.3, -0.25) is 19.3 Å². The average Bonchev–Trinajstić information content (AvgIpc) is 2.86. The number of hydrogen-bond donors (Lipinski definition) is 1. The molecule has 0 radical (unpaired) electrons. The number of nitrogens with zero attached hydrogens (tertiary/aromatic N) is 2. The lowest BCUT2D eigenvalue weighted by Crippen LogP contribution is -2.40. The minimum absolute atomic E-state index is 0.196. The molecule has 6 heteroatoms. The van der Waals surface area contributed by atoms with Crippen LogP contribution in [0.1, 0.15) is 36.8 Å². The number of benzene rings is 1. The van der Waals surface area contributed by atoms with Crippen LogP contribution in [0.2, 0.25) is 0 Å². The van der Waals surface area contributed by atoms with Crippen molar-refractivity contribution in [2.45, 2.75) is 32.2 Å². The minimum atomic E-state index is -0.347. The van der Waals surface area contributed by atoms with Gasteiger partial charge in [0.1, 0.15) is 6.54 Å². The third kappa shape index (κ3) is 3.16. The van der Waals surface area contributed by atoms with Crippen molar-refractivity contribution in [1.29, 1.82) is 5.26 Å². The van der Waals surface area contributed by atoms with Crippen molar-refractivity contribution in [2.75, 3.05) is 6.54 Å². The van der Waals surface area contributed by atoms with E-state index in [1.165, 1.54) is 0 Å². The highest BCUT2D eigenvalue weighted by molar-refractivity contribution is 6.07. The van der Waals surface area contributed by atoms with Gasteiger partial charge in [0.25, 0.3) is 0 Å². The largest absolute Gasteiger partial charge is 0.350 e. The number of fused-ring (bicyclic) bond motifs is 1. The monoisotopic (exact) mass is 325 g/mol. The fourth-order valence-corrected chi connectivity index (χ4v) is 3.48. The quantitative estimate of drug-likeness (QED) is 0.846. The lowest BCUT2D eigenvalue weighted by Gasteiger charge is -2.19. The molecule has 3 rings (SSSR count). The molecule has 2 aliphatic rings. The smallest absolute Gasteiger partial charge is 0.240 e. The van der Waals surface area contributed by atoms with Crippen LogP contribution in [0.25, 0.3) is 0 Å². The van der Waals surface area contributed by atoms with Gasteiger partial charge in [0.05, 0.1) is 23.5 Å². The number of amides is 3. The predicted octanol–water partition coefficient (Wildman–Crippen LogP) is 1.35. The van der Waals surface area contributed by atoms with Crippen LogP contribution in [0.5, 0.6) is 0 Å². The van der Waals surface area contributed by atoms with Gasteiger partial charge in [0.15, 0.2) is 0 Å². The maximum Gasteiger partial charge on any atom is 0.240 e. The Morgan fingerprint density at radius 2 is 1.71 bits per heavy atom. The highest BCUT2D eigenvalue weighted by Gasteiger charge is 2.48. The van der Waals surface area contributed by atoms with E-state index in [0.717, 1.165) is 36.1 Å². The predicted molar refractivity (Wildman–Crippen MR) is 85.2 cm³/mol. The Hall–Kier alpha value is -2.68. The molecule has 1 aromatic rings. The molecule has 1 aliphatic carbocycles. The highest BCUT2D eigenvalue weighted by Crippen LogP contribution is 2.37. The number of carbonyl (C=O) groups excluding carboxylic acids is 3. The number of carbonyl (C=O) groups is 3. The van der Waals surface area contributed by atoms with Crippen molar-refractivity contribution in [3.63, 3.8) is 0 Å². The first-order valence-corrected chi connectivity index (χ1v) is 8.21. The highest BCUT2D eigenvalue weighted by atomic mass is 16.2. The van der Waals surface area contributed by atoms with E-state index in [0.29, 0.717) is 12.1 Å². The van der Waals surface area contributed by atoms with Crippen LogP contribution in [0.15, 0.2) is 24.3 Å². The zero-order valence-electron chi connectivity index (χ0n) is 13.3. The Kier molecular flexibility index (Phi) is 4.61. The minimum Gasteiger partial charge on any atom is -0.350 e. The fourth-order valence-electron chi connectivity index (χ4n) is 3.48. The molecule has 1 saturated heterocycles. The van der Waals surface area contributed by atoms with Crippen LogP contribution in [-0.2, 0) is 20.9 Å². The van der Waals surface area contributed by atoms with Gasteiger partial charge in [-0.25, -0.2) is 0 Å². The molecule has 1 heterocycles. The summed E-state index contributed by atoms with van der Waals surface area (Å²) in [5, 5.41) is 11.5. The average molecular weight is 325 g/mol. The van der Waals surface area contributed by atoms with E-state index < -0.39 is 0 Å². The Labute approximate surface area is 140 Å². The second-order valence-electron chi connectivity index (χ2n) is 6.35. The Morgan fingerprint density at radius 3 is 2.25 bits per heavy atom. The zero-order valence-corrected chi connectivity index (χ0v) is 13.3. The number of likely N-dealkylation sites (tertiary alicyclic amines) is 1. The van der Waals surface area contributed by atoms with Crippen LogP contribution in [0.3, 0.4) is 0 Å². The molecule has 3 amide bonds. The van der Waals surface area contributed by atoms with Gasteiger partial charge in [0, 0.05) is 6.54 Å². The Bertz CT molecular complexity index is 681. The van der Waals surface area contributed by atoms with Crippen molar-refractivity contribution in [3.05, 3.63) is 35.4 Å². The fraction of sp³-hybridized carbons (Fsp3) is 0.444. The molecule has 1 aromatic carbocycles. The van der Waals surface area contributed by atoms with Crippen molar-refractivity contribution in [2.24, 2.45) is 11.8 Å². The summed E-state index contributed by atoms with van der Waals surface area (Å²) in [6, 6.07) is 8.92. The third-order valence-electron chi connectivity index (χ3n) is 4.81. The van der Waals surface area contributed by atoms with E-state index in [-0.39, 0.29) is 36.1 Å². The number of hydrogen-bond acceptors (Lipinski definition) is 4.